The standard InChI is InChI=1S/C25H29NO7/c1-15(2)33-17-8-6-16(7-9-17)23(27)21-22(26(12-13-30-3)25(29)24(21)28)19-11-10-18(31-4)14-20(19)32-5/h6-11,14-15,22,27H,12-13H2,1-5H3/t22-/m1/s1. The highest BCUT2D eigenvalue weighted by atomic mass is 16.5. The molecule has 1 heterocycles. The Balaban J connectivity index is 2.14. The zero-order chi connectivity index (χ0) is 24.1. The van der Waals surface area contributed by atoms with Crippen molar-refractivity contribution in [3.63, 3.8) is 0 Å². The van der Waals surface area contributed by atoms with Gasteiger partial charge in [-0.25, -0.2) is 0 Å². The SMILES string of the molecule is COCCN1C(=O)C(=O)C(=C(O)c2ccc(OC(C)C)cc2)[C@H]1c1ccc(OC)cc1OC. The van der Waals surface area contributed by atoms with E-state index in [0.29, 0.717) is 28.4 Å². The molecule has 1 atom stereocenters. The van der Waals surface area contributed by atoms with Gasteiger partial charge in [0.05, 0.1) is 38.5 Å². The second-order valence-corrected chi connectivity index (χ2v) is 7.78. The van der Waals surface area contributed by atoms with Crippen LogP contribution in [0, 0.1) is 0 Å². The molecule has 3 rings (SSSR count). The zero-order valence-electron chi connectivity index (χ0n) is 19.5. The molecule has 1 saturated heterocycles. The van der Waals surface area contributed by atoms with E-state index in [1.54, 1.807) is 42.5 Å². The Morgan fingerprint density at radius 1 is 1.00 bits per heavy atom. The van der Waals surface area contributed by atoms with Gasteiger partial charge in [0.25, 0.3) is 11.7 Å². The van der Waals surface area contributed by atoms with Crippen LogP contribution in [0.3, 0.4) is 0 Å². The predicted octanol–water partition coefficient (Wildman–Crippen LogP) is 3.56. The monoisotopic (exact) mass is 455 g/mol. The fraction of sp³-hybridized carbons (Fsp3) is 0.360. The van der Waals surface area contributed by atoms with Gasteiger partial charge in [0.15, 0.2) is 0 Å². The fourth-order valence-electron chi connectivity index (χ4n) is 3.79. The average molecular weight is 456 g/mol. The molecule has 0 spiro atoms. The van der Waals surface area contributed by atoms with E-state index < -0.39 is 17.7 Å². The molecule has 0 radical (unpaired) electrons. The zero-order valence-corrected chi connectivity index (χ0v) is 19.5. The number of Topliss-reactive ketones (excluding diaryl/α,β-unsaturated/α-hetero) is 1. The number of amides is 1. The van der Waals surface area contributed by atoms with Gasteiger partial charge in [0, 0.05) is 30.8 Å². The number of carbonyl (C=O) groups is 2. The van der Waals surface area contributed by atoms with Crippen molar-refractivity contribution in [3.05, 3.63) is 59.2 Å². The molecular formula is C25H29NO7. The molecule has 0 bridgehead atoms. The average Bonchev–Trinajstić information content (AvgIpc) is 3.06. The first-order chi connectivity index (χ1) is 15.8. The topological polar surface area (TPSA) is 94.5 Å². The van der Waals surface area contributed by atoms with E-state index in [4.69, 9.17) is 18.9 Å². The van der Waals surface area contributed by atoms with Crippen LogP contribution in [-0.4, -0.2) is 62.3 Å². The van der Waals surface area contributed by atoms with E-state index in [1.807, 2.05) is 13.8 Å². The first kappa shape index (κ1) is 24.1. The number of hydrogen-bond acceptors (Lipinski definition) is 7. The summed E-state index contributed by atoms with van der Waals surface area (Å²) < 4.78 is 21.6. The van der Waals surface area contributed by atoms with Crippen molar-refractivity contribution in [2.75, 3.05) is 34.5 Å². The van der Waals surface area contributed by atoms with Gasteiger partial charge in [-0.2, -0.15) is 0 Å². The summed E-state index contributed by atoms with van der Waals surface area (Å²) in [6.45, 7) is 4.22. The highest BCUT2D eigenvalue weighted by Gasteiger charge is 2.47. The van der Waals surface area contributed by atoms with Crippen LogP contribution in [0.1, 0.15) is 31.0 Å². The van der Waals surface area contributed by atoms with Gasteiger partial charge >= 0.3 is 0 Å². The number of carbonyl (C=O) groups excluding carboxylic acids is 2. The van der Waals surface area contributed by atoms with Crippen LogP contribution in [0.2, 0.25) is 0 Å². The maximum Gasteiger partial charge on any atom is 0.295 e. The van der Waals surface area contributed by atoms with Crippen LogP contribution in [0.15, 0.2) is 48.0 Å². The predicted molar refractivity (Wildman–Crippen MR) is 123 cm³/mol. The third kappa shape index (κ3) is 4.96. The summed E-state index contributed by atoms with van der Waals surface area (Å²) in [7, 11) is 4.54. The van der Waals surface area contributed by atoms with E-state index >= 15 is 0 Å². The lowest BCUT2D eigenvalue weighted by atomic mass is 9.94. The van der Waals surface area contributed by atoms with Gasteiger partial charge < -0.3 is 29.0 Å². The van der Waals surface area contributed by atoms with Crippen molar-refractivity contribution in [3.8, 4) is 17.2 Å². The van der Waals surface area contributed by atoms with E-state index in [1.165, 1.54) is 26.2 Å². The molecule has 0 saturated carbocycles. The van der Waals surface area contributed by atoms with Gasteiger partial charge in [-0.05, 0) is 50.2 Å². The molecule has 8 nitrogen and oxygen atoms in total. The molecule has 8 heteroatoms. The first-order valence-corrected chi connectivity index (χ1v) is 10.6. The highest BCUT2D eigenvalue weighted by Crippen LogP contribution is 2.43. The Kier molecular flexibility index (Phi) is 7.60. The van der Waals surface area contributed by atoms with E-state index in [-0.39, 0.29) is 30.6 Å². The van der Waals surface area contributed by atoms with Crippen molar-refractivity contribution in [2.45, 2.75) is 26.0 Å². The molecule has 0 aromatic heterocycles. The van der Waals surface area contributed by atoms with Crippen LogP contribution < -0.4 is 14.2 Å². The second kappa shape index (κ2) is 10.4. The smallest absolute Gasteiger partial charge is 0.295 e. The molecule has 176 valence electrons. The van der Waals surface area contributed by atoms with Gasteiger partial charge in [-0.15, -0.1) is 0 Å². The summed E-state index contributed by atoms with van der Waals surface area (Å²) in [4.78, 5) is 27.4. The van der Waals surface area contributed by atoms with Crippen molar-refractivity contribution in [1.29, 1.82) is 0 Å². The molecule has 1 aliphatic heterocycles. The molecule has 0 aliphatic carbocycles. The third-order valence-electron chi connectivity index (χ3n) is 5.31. The van der Waals surface area contributed by atoms with Crippen LogP contribution >= 0.6 is 0 Å². The third-order valence-corrected chi connectivity index (χ3v) is 5.31. The van der Waals surface area contributed by atoms with E-state index in [2.05, 4.69) is 0 Å². The van der Waals surface area contributed by atoms with E-state index in [9.17, 15) is 14.7 Å². The maximum absolute atomic E-state index is 13.1. The number of ketones is 1. The summed E-state index contributed by atoms with van der Waals surface area (Å²) >= 11 is 0. The minimum absolute atomic E-state index is 0.00177. The molecular weight excluding hydrogens is 426 g/mol. The number of methoxy groups -OCH3 is 3. The number of hydrogen-bond donors (Lipinski definition) is 1. The van der Waals surface area contributed by atoms with Crippen molar-refractivity contribution < 1.29 is 33.6 Å². The molecule has 1 aliphatic rings. The number of nitrogens with zero attached hydrogens (tertiary/aromatic N) is 1. The first-order valence-electron chi connectivity index (χ1n) is 10.6. The molecule has 1 fully saturated rings. The second-order valence-electron chi connectivity index (χ2n) is 7.78. The number of aliphatic hydroxyl groups excluding tert-OH is 1. The Bertz CT molecular complexity index is 1040. The Labute approximate surface area is 193 Å². The van der Waals surface area contributed by atoms with Crippen molar-refractivity contribution >= 4 is 17.4 Å². The summed E-state index contributed by atoms with van der Waals surface area (Å²) in [5, 5.41) is 11.2. The Morgan fingerprint density at radius 3 is 2.24 bits per heavy atom. The summed E-state index contributed by atoms with van der Waals surface area (Å²) in [5.41, 5.74) is 0.931. The van der Waals surface area contributed by atoms with Crippen LogP contribution in [0.25, 0.3) is 5.76 Å². The number of aliphatic hydroxyl groups is 1. The molecule has 0 unspecified atom stereocenters. The van der Waals surface area contributed by atoms with E-state index in [0.717, 1.165) is 0 Å². The largest absolute Gasteiger partial charge is 0.507 e. The Hall–Kier alpha value is -3.52. The lowest BCUT2D eigenvalue weighted by Gasteiger charge is -2.26. The lowest BCUT2D eigenvalue weighted by Crippen LogP contribution is -2.32. The van der Waals surface area contributed by atoms with Crippen molar-refractivity contribution in [1.82, 2.24) is 4.90 Å². The van der Waals surface area contributed by atoms with Gasteiger partial charge in [-0.1, -0.05) is 0 Å². The molecule has 33 heavy (non-hydrogen) atoms. The van der Waals surface area contributed by atoms with Crippen molar-refractivity contribution in [2.24, 2.45) is 0 Å². The van der Waals surface area contributed by atoms with Gasteiger partial charge in [-0.3, -0.25) is 9.59 Å². The normalized spacial score (nSPS) is 17.5. The summed E-state index contributed by atoms with van der Waals surface area (Å²) in [6, 6.07) is 11.0. The summed E-state index contributed by atoms with van der Waals surface area (Å²) in [6.07, 6.45) is -0.00177. The quantitative estimate of drug-likeness (QED) is 0.351. The van der Waals surface area contributed by atoms with Crippen LogP contribution in [0.4, 0.5) is 0 Å². The molecule has 1 N–H and O–H groups in total. The van der Waals surface area contributed by atoms with Crippen LogP contribution in [-0.2, 0) is 14.3 Å². The lowest BCUT2D eigenvalue weighted by molar-refractivity contribution is -0.140. The summed E-state index contributed by atoms with van der Waals surface area (Å²) in [5.74, 6) is -0.131. The number of benzene rings is 2. The highest BCUT2D eigenvalue weighted by molar-refractivity contribution is 6.46. The number of likely N-dealkylation sites (tertiary alicyclic amines) is 1. The molecule has 2 aromatic carbocycles. The number of ether oxygens (including phenoxy) is 4. The fourth-order valence-corrected chi connectivity index (χ4v) is 3.79. The maximum atomic E-state index is 13.1. The molecule has 2 aromatic rings. The Morgan fingerprint density at radius 2 is 1.67 bits per heavy atom. The number of rotatable bonds is 9. The van der Waals surface area contributed by atoms with Crippen LogP contribution in [0.5, 0.6) is 17.2 Å². The molecule has 1 amide bonds. The van der Waals surface area contributed by atoms with Gasteiger partial charge in [0.2, 0.25) is 0 Å². The minimum atomic E-state index is -0.854. The van der Waals surface area contributed by atoms with Gasteiger partial charge in [0.1, 0.15) is 23.0 Å². The minimum Gasteiger partial charge on any atom is -0.507 e.